The molecule has 2 aromatic carbocycles. The van der Waals surface area contributed by atoms with Gasteiger partial charge in [-0.3, -0.25) is 0 Å². The first kappa shape index (κ1) is 24.9. The molecule has 170 valence electrons. The lowest BCUT2D eigenvalue weighted by Crippen LogP contribution is -2.20. The van der Waals surface area contributed by atoms with Crippen LogP contribution in [0.5, 0.6) is 0 Å². The van der Waals surface area contributed by atoms with E-state index in [1.165, 1.54) is 0 Å². The Morgan fingerprint density at radius 1 is 0.938 bits per heavy atom. The summed E-state index contributed by atoms with van der Waals surface area (Å²) in [6, 6.07) is 11.4. The number of unbranched alkanes of at least 4 members (excludes halogenated alkanes) is 2. The van der Waals surface area contributed by atoms with Gasteiger partial charge in [-0.15, -0.1) is 6.42 Å². The Morgan fingerprint density at radius 3 is 2.44 bits per heavy atom. The summed E-state index contributed by atoms with van der Waals surface area (Å²) in [6.07, 6.45) is 8.99. The van der Waals surface area contributed by atoms with Gasteiger partial charge in [0.1, 0.15) is 6.61 Å². The van der Waals surface area contributed by atoms with Crippen molar-refractivity contribution in [2.75, 3.05) is 23.8 Å². The van der Waals surface area contributed by atoms with Crippen LogP contribution in [-0.2, 0) is 21.1 Å². The molecule has 0 saturated heterocycles. The van der Waals surface area contributed by atoms with Gasteiger partial charge in [0.05, 0.1) is 18.8 Å². The molecule has 0 aromatic heterocycles. The van der Waals surface area contributed by atoms with Gasteiger partial charge in [-0.2, -0.15) is 0 Å². The average molecular weight is 439 g/mol. The molecular formula is C25H30N2O5. The summed E-state index contributed by atoms with van der Waals surface area (Å²) in [5.41, 5.74) is 2.62. The van der Waals surface area contributed by atoms with Gasteiger partial charge in [0.2, 0.25) is 0 Å². The van der Waals surface area contributed by atoms with E-state index in [2.05, 4.69) is 23.5 Å². The maximum atomic E-state index is 12.5. The largest absolute Gasteiger partial charge is 0.462 e. The number of ether oxygens (including phenoxy) is 1. The first-order chi connectivity index (χ1) is 15.5. The van der Waals surface area contributed by atoms with Crippen molar-refractivity contribution in [1.82, 2.24) is 0 Å². The van der Waals surface area contributed by atoms with E-state index in [-0.39, 0.29) is 6.61 Å². The van der Waals surface area contributed by atoms with E-state index in [9.17, 15) is 9.59 Å². The number of nitrogens with one attached hydrogen (secondary N) is 2. The number of benzene rings is 2. The number of hydrogen-bond donors (Lipinski definition) is 2. The van der Waals surface area contributed by atoms with E-state index in [1.54, 1.807) is 42.5 Å². The van der Waals surface area contributed by atoms with Crippen LogP contribution in [0.3, 0.4) is 0 Å². The highest BCUT2D eigenvalue weighted by molar-refractivity contribution is 6.01. The van der Waals surface area contributed by atoms with Gasteiger partial charge in [0.25, 0.3) is 0 Å². The zero-order chi connectivity index (χ0) is 23.2. The van der Waals surface area contributed by atoms with Gasteiger partial charge >= 0.3 is 12.0 Å². The number of hydrogen-bond acceptors (Lipinski definition) is 5. The molecule has 7 heteroatoms. The van der Waals surface area contributed by atoms with Crippen molar-refractivity contribution in [2.24, 2.45) is 0 Å². The Kier molecular flexibility index (Phi) is 10.8. The summed E-state index contributed by atoms with van der Waals surface area (Å²) >= 11 is 0. The molecule has 0 radical (unpaired) electrons. The van der Waals surface area contributed by atoms with Crippen LogP contribution in [0.4, 0.5) is 16.2 Å². The molecule has 0 aliphatic rings. The molecule has 0 spiro atoms. The lowest BCUT2D eigenvalue weighted by atomic mass is 10.1. The summed E-state index contributed by atoms with van der Waals surface area (Å²) in [6.45, 7) is 5.03. The fourth-order valence-corrected chi connectivity index (χ4v) is 2.71. The van der Waals surface area contributed by atoms with Crippen molar-refractivity contribution < 1.29 is 24.1 Å². The van der Waals surface area contributed by atoms with Gasteiger partial charge in [0.15, 0.2) is 0 Å². The number of amides is 2. The number of esters is 1. The second kappa shape index (κ2) is 13.9. The molecule has 0 aliphatic carbocycles. The van der Waals surface area contributed by atoms with Crippen LogP contribution in [-0.4, -0.2) is 25.2 Å². The SMILES string of the molecule is C#Cc1cccc(NC(=O)Nc2cc(COOCCCC)cc(C(=O)OCCCC)c2)c1. The minimum Gasteiger partial charge on any atom is -0.462 e. The molecule has 2 amide bonds. The second-order valence-corrected chi connectivity index (χ2v) is 7.15. The third kappa shape index (κ3) is 8.80. The Hall–Kier alpha value is -3.34. The quantitative estimate of drug-likeness (QED) is 0.150. The first-order valence-electron chi connectivity index (χ1n) is 10.8. The topological polar surface area (TPSA) is 85.9 Å². The van der Waals surface area contributed by atoms with E-state index in [4.69, 9.17) is 20.9 Å². The number of carbonyl (C=O) groups excluding carboxylic acids is 2. The van der Waals surface area contributed by atoms with E-state index in [1.807, 2.05) is 6.92 Å². The van der Waals surface area contributed by atoms with Crippen molar-refractivity contribution >= 4 is 23.4 Å². The second-order valence-electron chi connectivity index (χ2n) is 7.15. The van der Waals surface area contributed by atoms with Crippen LogP contribution < -0.4 is 10.6 Å². The Labute approximate surface area is 189 Å². The Balaban J connectivity index is 2.10. The third-order valence-corrected chi connectivity index (χ3v) is 4.39. The fourth-order valence-electron chi connectivity index (χ4n) is 2.71. The molecule has 2 N–H and O–H groups in total. The third-order valence-electron chi connectivity index (χ3n) is 4.39. The first-order valence-corrected chi connectivity index (χ1v) is 10.8. The van der Waals surface area contributed by atoms with E-state index < -0.39 is 12.0 Å². The van der Waals surface area contributed by atoms with Crippen LogP contribution in [0, 0.1) is 12.3 Å². The summed E-state index contributed by atoms with van der Waals surface area (Å²) in [5.74, 6) is 2.06. The summed E-state index contributed by atoms with van der Waals surface area (Å²) in [5, 5.41) is 5.46. The zero-order valence-corrected chi connectivity index (χ0v) is 18.6. The monoisotopic (exact) mass is 438 g/mol. The van der Waals surface area contributed by atoms with E-state index >= 15 is 0 Å². The molecule has 0 fully saturated rings. The smallest absolute Gasteiger partial charge is 0.338 e. The van der Waals surface area contributed by atoms with Crippen LogP contribution in [0.1, 0.15) is 61.0 Å². The number of urea groups is 1. The maximum absolute atomic E-state index is 12.5. The lowest BCUT2D eigenvalue weighted by molar-refractivity contribution is -0.304. The van der Waals surface area contributed by atoms with Crippen molar-refractivity contribution in [3.63, 3.8) is 0 Å². The number of carbonyl (C=O) groups is 2. The zero-order valence-electron chi connectivity index (χ0n) is 18.6. The van der Waals surface area contributed by atoms with Crippen LogP contribution >= 0.6 is 0 Å². The van der Waals surface area contributed by atoms with E-state index in [0.717, 1.165) is 25.7 Å². The molecule has 0 atom stereocenters. The van der Waals surface area contributed by atoms with Crippen LogP contribution in [0.15, 0.2) is 42.5 Å². The molecule has 0 saturated carbocycles. The molecular weight excluding hydrogens is 408 g/mol. The normalized spacial score (nSPS) is 10.3. The molecule has 2 aromatic rings. The van der Waals surface area contributed by atoms with Crippen molar-refractivity contribution in [1.29, 1.82) is 0 Å². The van der Waals surface area contributed by atoms with E-state index in [0.29, 0.717) is 41.3 Å². The Morgan fingerprint density at radius 2 is 1.69 bits per heavy atom. The summed E-state index contributed by atoms with van der Waals surface area (Å²) in [4.78, 5) is 35.3. The van der Waals surface area contributed by atoms with Gasteiger partial charge in [-0.25, -0.2) is 19.4 Å². The standard InChI is InChI=1S/C25H30N2O5/c1-4-7-12-30-24(28)21-14-20(18-32-31-13-8-5-2)16-23(17-21)27-25(29)26-22-11-9-10-19(6-3)15-22/h3,9-11,14-17H,4-5,7-8,12-13,18H2,1-2H3,(H2,26,27,29). The minimum atomic E-state index is -0.471. The molecule has 0 heterocycles. The predicted molar refractivity (Wildman–Crippen MR) is 124 cm³/mol. The van der Waals surface area contributed by atoms with Gasteiger partial charge in [0, 0.05) is 16.9 Å². The van der Waals surface area contributed by atoms with Crippen molar-refractivity contribution in [3.8, 4) is 12.3 Å². The van der Waals surface area contributed by atoms with Crippen molar-refractivity contribution in [3.05, 3.63) is 59.2 Å². The highest BCUT2D eigenvalue weighted by atomic mass is 17.2. The Bertz CT molecular complexity index is 936. The van der Waals surface area contributed by atoms with Crippen molar-refractivity contribution in [2.45, 2.75) is 46.1 Å². The van der Waals surface area contributed by atoms with Gasteiger partial charge in [-0.05, 0) is 54.8 Å². The summed E-state index contributed by atoms with van der Waals surface area (Å²) in [7, 11) is 0. The lowest BCUT2D eigenvalue weighted by Gasteiger charge is -2.12. The number of rotatable bonds is 12. The summed E-state index contributed by atoms with van der Waals surface area (Å²) < 4.78 is 5.30. The fraction of sp³-hybridized carbons (Fsp3) is 0.360. The number of anilines is 2. The molecule has 0 unspecified atom stereocenters. The number of terminal acetylenes is 1. The highest BCUT2D eigenvalue weighted by Crippen LogP contribution is 2.18. The van der Waals surface area contributed by atoms with Gasteiger partial charge < -0.3 is 15.4 Å². The van der Waals surface area contributed by atoms with Gasteiger partial charge in [-0.1, -0.05) is 38.7 Å². The molecule has 0 bridgehead atoms. The molecule has 32 heavy (non-hydrogen) atoms. The molecule has 7 nitrogen and oxygen atoms in total. The highest BCUT2D eigenvalue weighted by Gasteiger charge is 2.13. The molecule has 2 rings (SSSR count). The molecule has 0 aliphatic heterocycles. The average Bonchev–Trinajstić information content (AvgIpc) is 2.79. The minimum absolute atomic E-state index is 0.125. The predicted octanol–water partition coefficient (Wildman–Crippen LogP) is 5.52. The van der Waals surface area contributed by atoms with Crippen LogP contribution in [0.25, 0.3) is 0 Å². The van der Waals surface area contributed by atoms with Crippen LogP contribution in [0.2, 0.25) is 0 Å². The maximum Gasteiger partial charge on any atom is 0.338 e.